The largest absolute Gasteiger partial charge is 0.497 e. The van der Waals surface area contributed by atoms with Crippen molar-refractivity contribution in [3.8, 4) is 17.2 Å². The van der Waals surface area contributed by atoms with Crippen LogP contribution in [0.1, 0.15) is 28.4 Å². The van der Waals surface area contributed by atoms with Crippen LogP contribution >= 0.6 is 0 Å². The van der Waals surface area contributed by atoms with Gasteiger partial charge in [-0.15, -0.1) is 0 Å². The first-order valence-electron chi connectivity index (χ1n) is 7.57. The van der Waals surface area contributed by atoms with Crippen LogP contribution in [0.5, 0.6) is 17.2 Å². The highest BCUT2D eigenvalue weighted by Gasteiger charge is 2.24. The Bertz CT molecular complexity index is 740. The topological polar surface area (TPSA) is 56.8 Å². The molecule has 1 unspecified atom stereocenters. The maximum absolute atomic E-state index is 13.5. The smallest absolute Gasteiger partial charge is 0.252 e. The van der Waals surface area contributed by atoms with Crippen molar-refractivity contribution in [3.05, 3.63) is 53.3 Å². The van der Waals surface area contributed by atoms with Crippen molar-refractivity contribution in [2.24, 2.45) is 0 Å². The molecular formula is C18H18FNO4. The van der Waals surface area contributed by atoms with E-state index in [9.17, 15) is 9.18 Å². The van der Waals surface area contributed by atoms with E-state index in [0.29, 0.717) is 41.4 Å². The van der Waals surface area contributed by atoms with Crippen molar-refractivity contribution < 1.29 is 23.4 Å². The number of hydrogen-bond donors (Lipinski definition) is 1. The number of fused-ring (bicyclic) bond motifs is 1. The lowest BCUT2D eigenvalue weighted by Gasteiger charge is -2.26. The monoisotopic (exact) mass is 331 g/mol. The lowest BCUT2D eigenvalue weighted by molar-refractivity contribution is 0.0924. The molecule has 0 radical (unpaired) electrons. The molecule has 1 heterocycles. The van der Waals surface area contributed by atoms with Crippen molar-refractivity contribution in [2.75, 3.05) is 20.8 Å². The fourth-order valence-electron chi connectivity index (χ4n) is 2.70. The zero-order valence-electron chi connectivity index (χ0n) is 13.5. The second kappa shape index (κ2) is 6.78. The number of benzene rings is 2. The zero-order valence-corrected chi connectivity index (χ0v) is 13.5. The summed E-state index contributed by atoms with van der Waals surface area (Å²) in [4.78, 5) is 12.6. The summed E-state index contributed by atoms with van der Waals surface area (Å²) in [5, 5.41) is 2.92. The van der Waals surface area contributed by atoms with E-state index in [0.717, 1.165) is 0 Å². The van der Waals surface area contributed by atoms with Crippen molar-refractivity contribution >= 4 is 5.91 Å². The van der Waals surface area contributed by atoms with Gasteiger partial charge < -0.3 is 19.5 Å². The Balaban J connectivity index is 1.85. The van der Waals surface area contributed by atoms with Crippen LogP contribution in [0, 0.1) is 5.82 Å². The summed E-state index contributed by atoms with van der Waals surface area (Å²) in [5.74, 6) is 1.00. The molecule has 2 aromatic carbocycles. The van der Waals surface area contributed by atoms with E-state index in [1.807, 2.05) is 0 Å². The van der Waals surface area contributed by atoms with E-state index in [-0.39, 0.29) is 17.8 Å². The molecule has 0 aromatic heterocycles. The second-order valence-corrected chi connectivity index (χ2v) is 5.45. The molecule has 0 saturated heterocycles. The Kier molecular flexibility index (Phi) is 4.55. The normalized spacial score (nSPS) is 15.9. The molecule has 0 bridgehead atoms. The van der Waals surface area contributed by atoms with Gasteiger partial charge in [-0.25, -0.2) is 4.39 Å². The van der Waals surface area contributed by atoms with Gasteiger partial charge in [0.15, 0.2) is 0 Å². The third kappa shape index (κ3) is 3.27. The summed E-state index contributed by atoms with van der Waals surface area (Å²) in [7, 11) is 3.04. The van der Waals surface area contributed by atoms with Gasteiger partial charge in [-0.05, 0) is 30.3 Å². The van der Waals surface area contributed by atoms with Crippen molar-refractivity contribution in [3.63, 3.8) is 0 Å². The van der Waals surface area contributed by atoms with Gasteiger partial charge in [0.25, 0.3) is 5.91 Å². The molecule has 6 heteroatoms. The molecule has 2 aromatic rings. The molecule has 0 spiro atoms. The van der Waals surface area contributed by atoms with Gasteiger partial charge >= 0.3 is 0 Å². The maximum Gasteiger partial charge on any atom is 0.252 e. The van der Waals surface area contributed by atoms with Crippen molar-refractivity contribution in [1.82, 2.24) is 5.32 Å². The van der Waals surface area contributed by atoms with Crippen LogP contribution < -0.4 is 19.5 Å². The molecule has 0 aliphatic carbocycles. The van der Waals surface area contributed by atoms with E-state index in [4.69, 9.17) is 14.2 Å². The standard InChI is InChI=1S/C18H18FNO4/c1-22-13-7-11(8-14(10-13)23-2)18(21)20-16-5-6-24-17-4-3-12(19)9-15(16)17/h3-4,7-10,16H,5-6H2,1-2H3,(H,20,21). The van der Waals surface area contributed by atoms with Crippen molar-refractivity contribution in [1.29, 1.82) is 0 Å². The van der Waals surface area contributed by atoms with E-state index in [2.05, 4.69) is 5.32 Å². The number of carbonyl (C=O) groups excluding carboxylic acids is 1. The van der Waals surface area contributed by atoms with Crippen LogP contribution in [-0.2, 0) is 0 Å². The Morgan fingerprint density at radius 2 is 1.88 bits per heavy atom. The maximum atomic E-state index is 13.5. The molecule has 1 aliphatic rings. The molecule has 1 N–H and O–H groups in total. The predicted octanol–water partition coefficient (Wildman–Crippen LogP) is 3.10. The molecule has 5 nitrogen and oxygen atoms in total. The van der Waals surface area contributed by atoms with Gasteiger partial charge in [0, 0.05) is 23.6 Å². The summed E-state index contributed by atoms with van der Waals surface area (Å²) in [6.07, 6.45) is 0.573. The summed E-state index contributed by atoms with van der Waals surface area (Å²) >= 11 is 0. The van der Waals surface area contributed by atoms with E-state index >= 15 is 0 Å². The molecule has 0 fully saturated rings. The number of halogens is 1. The average Bonchev–Trinajstić information content (AvgIpc) is 2.61. The first-order valence-corrected chi connectivity index (χ1v) is 7.57. The Labute approximate surface area is 139 Å². The Hall–Kier alpha value is -2.76. The van der Waals surface area contributed by atoms with Gasteiger partial charge in [-0.3, -0.25) is 4.79 Å². The van der Waals surface area contributed by atoms with Crippen LogP contribution in [0.3, 0.4) is 0 Å². The number of amides is 1. The van der Waals surface area contributed by atoms with Crippen LogP contribution in [0.25, 0.3) is 0 Å². The van der Waals surface area contributed by atoms with Gasteiger partial charge in [0.1, 0.15) is 23.1 Å². The zero-order chi connectivity index (χ0) is 17.1. The molecule has 24 heavy (non-hydrogen) atoms. The first kappa shape index (κ1) is 16.1. The Morgan fingerprint density at radius 3 is 2.54 bits per heavy atom. The van der Waals surface area contributed by atoms with E-state index in [1.165, 1.54) is 26.4 Å². The second-order valence-electron chi connectivity index (χ2n) is 5.45. The van der Waals surface area contributed by atoms with Crippen LogP contribution in [0.4, 0.5) is 4.39 Å². The number of methoxy groups -OCH3 is 2. The quantitative estimate of drug-likeness (QED) is 0.935. The van der Waals surface area contributed by atoms with Gasteiger partial charge in [0.2, 0.25) is 0 Å². The molecular weight excluding hydrogens is 313 g/mol. The number of nitrogens with one attached hydrogen (secondary N) is 1. The van der Waals surface area contributed by atoms with Crippen LogP contribution in [0.2, 0.25) is 0 Å². The SMILES string of the molecule is COc1cc(OC)cc(C(=O)NC2CCOc3ccc(F)cc32)c1. The van der Waals surface area contributed by atoms with E-state index in [1.54, 1.807) is 24.3 Å². The summed E-state index contributed by atoms with van der Waals surface area (Å²) < 4.78 is 29.4. The number of hydrogen-bond acceptors (Lipinski definition) is 4. The van der Waals surface area contributed by atoms with Crippen molar-refractivity contribution in [2.45, 2.75) is 12.5 Å². The fraction of sp³-hybridized carbons (Fsp3) is 0.278. The molecule has 0 saturated carbocycles. The minimum atomic E-state index is -0.360. The number of rotatable bonds is 4. The van der Waals surface area contributed by atoms with Gasteiger partial charge in [-0.2, -0.15) is 0 Å². The minimum Gasteiger partial charge on any atom is -0.497 e. The number of ether oxygens (including phenoxy) is 3. The summed E-state index contributed by atoms with van der Waals surface area (Å²) in [6.45, 7) is 0.463. The fourth-order valence-corrected chi connectivity index (χ4v) is 2.70. The molecule has 3 rings (SSSR count). The molecule has 1 atom stereocenters. The minimum absolute atomic E-state index is 0.283. The summed E-state index contributed by atoms with van der Waals surface area (Å²) in [5.41, 5.74) is 1.06. The predicted molar refractivity (Wildman–Crippen MR) is 86.3 cm³/mol. The molecule has 1 amide bonds. The number of carbonyl (C=O) groups is 1. The Morgan fingerprint density at radius 1 is 1.17 bits per heavy atom. The third-order valence-electron chi connectivity index (χ3n) is 3.93. The lowest BCUT2D eigenvalue weighted by atomic mass is 10.00. The third-order valence-corrected chi connectivity index (χ3v) is 3.93. The van der Waals surface area contributed by atoms with Gasteiger partial charge in [0.05, 0.1) is 26.9 Å². The highest BCUT2D eigenvalue weighted by molar-refractivity contribution is 5.95. The van der Waals surface area contributed by atoms with Crippen LogP contribution in [0.15, 0.2) is 36.4 Å². The highest BCUT2D eigenvalue weighted by Crippen LogP contribution is 2.33. The highest BCUT2D eigenvalue weighted by atomic mass is 19.1. The lowest BCUT2D eigenvalue weighted by Crippen LogP contribution is -2.32. The summed E-state index contributed by atoms with van der Waals surface area (Å²) in [6, 6.07) is 8.96. The first-order chi connectivity index (χ1) is 11.6. The van der Waals surface area contributed by atoms with Crippen LogP contribution in [-0.4, -0.2) is 26.7 Å². The average molecular weight is 331 g/mol. The van der Waals surface area contributed by atoms with Gasteiger partial charge in [-0.1, -0.05) is 0 Å². The molecule has 126 valence electrons. The molecule has 1 aliphatic heterocycles. The van der Waals surface area contributed by atoms with E-state index < -0.39 is 0 Å².